The van der Waals surface area contributed by atoms with Crippen molar-refractivity contribution < 1.29 is 17.9 Å². The predicted molar refractivity (Wildman–Crippen MR) is 121 cm³/mol. The number of ether oxygens (including phenoxy) is 1. The van der Waals surface area contributed by atoms with Crippen LogP contribution in [0.5, 0.6) is 5.75 Å². The van der Waals surface area contributed by atoms with Gasteiger partial charge in [-0.3, -0.25) is 9.10 Å². The maximum atomic E-state index is 13.5. The minimum Gasteiger partial charge on any atom is -0.476 e. The van der Waals surface area contributed by atoms with E-state index >= 15 is 0 Å². The van der Waals surface area contributed by atoms with Crippen LogP contribution in [0.25, 0.3) is 0 Å². The van der Waals surface area contributed by atoms with E-state index in [1.807, 2.05) is 19.9 Å². The van der Waals surface area contributed by atoms with Crippen LogP contribution in [0.15, 0.2) is 71.6 Å². The molecule has 3 aromatic carbocycles. The highest BCUT2D eigenvalue weighted by atomic mass is 35.5. The Morgan fingerprint density at radius 2 is 1.71 bits per heavy atom. The fourth-order valence-corrected chi connectivity index (χ4v) is 4.99. The highest BCUT2D eigenvalue weighted by molar-refractivity contribution is 7.92. The number of para-hydroxylation sites is 1. The van der Waals surface area contributed by atoms with Gasteiger partial charge in [-0.2, -0.15) is 0 Å². The first-order chi connectivity index (χ1) is 14.8. The minimum absolute atomic E-state index is 0.151. The molecule has 1 amide bonds. The number of halogens is 1. The second-order valence-electron chi connectivity index (χ2n) is 7.40. The molecule has 6 nitrogen and oxygen atoms in total. The van der Waals surface area contributed by atoms with E-state index in [1.165, 1.54) is 4.31 Å². The number of aryl methyl sites for hydroxylation is 2. The van der Waals surface area contributed by atoms with Gasteiger partial charge in [0, 0.05) is 0 Å². The number of benzene rings is 3. The quantitative estimate of drug-likeness (QED) is 0.624. The summed E-state index contributed by atoms with van der Waals surface area (Å²) in [6, 6.07) is 18.7. The summed E-state index contributed by atoms with van der Waals surface area (Å²) in [5.74, 6) is -0.157. The Hall–Kier alpha value is -3.03. The lowest BCUT2D eigenvalue weighted by Crippen LogP contribution is -2.48. The Morgan fingerprint density at radius 3 is 2.42 bits per heavy atom. The Morgan fingerprint density at radius 1 is 1.03 bits per heavy atom. The molecule has 1 N–H and O–H groups in total. The number of carbonyl (C=O) groups is 1. The number of nitrogens with one attached hydrogen (secondary N) is 1. The molecule has 0 saturated heterocycles. The van der Waals surface area contributed by atoms with Crippen LogP contribution >= 0.6 is 11.6 Å². The third-order valence-corrected chi connectivity index (χ3v) is 7.14. The predicted octanol–water partition coefficient (Wildman–Crippen LogP) is 4.55. The lowest BCUT2D eigenvalue weighted by Gasteiger charge is -2.35. The zero-order valence-corrected chi connectivity index (χ0v) is 18.6. The molecule has 0 bridgehead atoms. The van der Waals surface area contributed by atoms with E-state index in [9.17, 15) is 13.2 Å². The smallest absolute Gasteiger partial charge is 0.267 e. The number of hydrogen-bond acceptors (Lipinski definition) is 4. The summed E-state index contributed by atoms with van der Waals surface area (Å²) in [4.78, 5) is 13.1. The standard InChI is InChI=1S/C23H21ClN2O4S/c1-15-7-10-17(11-8-15)31(28,29)26-14-22(30-21-12-9-16(2)13-20(21)26)23(27)25-19-6-4-3-5-18(19)24/h3-13,22H,14H2,1-2H3,(H,25,27). The van der Waals surface area contributed by atoms with Gasteiger partial charge in [0.05, 0.1) is 27.8 Å². The summed E-state index contributed by atoms with van der Waals surface area (Å²) in [7, 11) is -3.91. The molecule has 1 heterocycles. The lowest BCUT2D eigenvalue weighted by molar-refractivity contribution is -0.122. The van der Waals surface area contributed by atoms with Crippen molar-refractivity contribution in [2.75, 3.05) is 16.2 Å². The molecule has 0 saturated carbocycles. The molecule has 1 atom stereocenters. The Bertz CT molecular complexity index is 1240. The first kappa shape index (κ1) is 21.2. The monoisotopic (exact) mass is 456 g/mol. The molecule has 0 aromatic heterocycles. The average Bonchev–Trinajstić information content (AvgIpc) is 2.74. The fourth-order valence-electron chi connectivity index (χ4n) is 3.34. The van der Waals surface area contributed by atoms with Crippen molar-refractivity contribution in [2.45, 2.75) is 24.8 Å². The zero-order valence-electron chi connectivity index (χ0n) is 17.0. The van der Waals surface area contributed by atoms with Gasteiger partial charge in [0.1, 0.15) is 5.75 Å². The van der Waals surface area contributed by atoms with Crippen molar-refractivity contribution in [3.63, 3.8) is 0 Å². The van der Waals surface area contributed by atoms with Gasteiger partial charge in [0.25, 0.3) is 15.9 Å². The first-order valence-electron chi connectivity index (χ1n) is 9.68. The van der Waals surface area contributed by atoms with Crippen molar-refractivity contribution in [3.8, 4) is 5.75 Å². The molecule has 1 aliphatic rings. The summed E-state index contributed by atoms with van der Waals surface area (Å²) >= 11 is 6.14. The van der Waals surface area contributed by atoms with E-state index in [-0.39, 0.29) is 11.4 Å². The molecule has 1 unspecified atom stereocenters. The third kappa shape index (κ3) is 4.24. The number of sulfonamides is 1. The van der Waals surface area contributed by atoms with Crippen LogP contribution < -0.4 is 14.4 Å². The molecule has 0 radical (unpaired) electrons. The van der Waals surface area contributed by atoms with E-state index in [0.717, 1.165) is 11.1 Å². The Balaban J connectivity index is 1.71. The zero-order chi connectivity index (χ0) is 22.2. The van der Waals surface area contributed by atoms with Crippen molar-refractivity contribution in [3.05, 3.63) is 82.9 Å². The molecule has 4 rings (SSSR count). The van der Waals surface area contributed by atoms with Crippen LogP contribution in [0.1, 0.15) is 11.1 Å². The van der Waals surface area contributed by atoms with Gasteiger partial charge in [-0.25, -0.2) is 8.42 Å². The molecule has 1 aliphatic heterocycles. The van der Waals surface area contributed by atoms with Gasteiger partial charge in [-0.1, -0.05) is 47.5 Å². The van der Waals surface area contributed by atoms with Crippen LogP contribution in [0, 0.1) is 13.8 Å². The number of fused-ring (bicyclic) bond motifs is 1. The maximum absolute atomic E-state index is 13.5. The summed E-state index contributed by atoms with van der Waals surface area (Å²) in [6.07, 6.45) is -1.05. The van der Waals surface area contributed by atoms with E-state index in [2.05, 4.69) is 5.32 Å². The van der Waals surface area contributed by atoms with Crippen LogP contribution in [0.3, 0.4) is 0 Å². The van der Waals surface area contributed by atoms with Crippen LogP contribution in [0.2, 0.25) is 5.02 Å². The van der Waals surface area contributed by atoms with Crippen LogP contribution in [0.4, 0.5) is 11.4 Å². The number of anilines is 2. The molecular formula is C23H21ClN2O4S. The number of rotatable bonds is 4. The molecular weight excluding hydrogens is 436 g/mol. The average molecular weight is 457 g/mol. The molecule has 0 fully saturated rings. The van der Waals surface area contributed by atoms with Gasteiger partial charge >= 0.3 is 0 Å². The normalized spacial score (nSPS) is 15.7. The number of nitrogens with zero attached hydrogens (tertiary/aromatic N) is 1. The van der Waals surface area contributed by atoms with Gasteiger partial charge in [0.2, 0.25) is 0 Å². The second-order valence-corrected chi connectivity index (χ2v) is 9.67. The van der Waals surface area contributed by atoms with Crippen molar-refractivity contribution in [2.24, 2.45) is 0 Å². The first-order valence-corrected chi connectivity index (χ1v) is 11.5. The topological polar surface area (TPSA) is 75.7 Å². The highest BCUT2D eigenvalue weighted by Gasteiger charge is 2.37. The van der Waals surface area contributed by atoms with Crippen molar-refractivity contribution in [1.82, 2.24) is 0 Å². The number of hydrogen-bond donors (Lipinski definition) is 1. The Kier molecular flexibility index (Phi) is 5.64. The summed E-state index contributed by atoms with van der Waals surface area (Å²) in [5.41, 5.74) is 2.67. The fraction of sp³-hybridized carbons (Fsp3) is 0.174. The molecule has 3 aromatic rings. The molecule has 8 heteroatoms. The number of amides is 1. The van der Waals surface area contributed by atoms with Gasteiger partial charge in [-0.05, 0) is 55.8 Å². The van der Waals surface area contributed by atoms with E-state index in [1.54, 1.807) is 60.7 Å². The van der Waals surface area contributed by atoms with Gasteiger partial charge < -0.3 is 10.1 Å². The molecule has 160 valence electrons. The molecule has 0 spiro atoms. The molecule has 31 heavy (non-hydrogen) atoms. The molecule has 0 aliphatic carbocycles. The largest absolute Gasteiger partial charge is 0.476 e. The highest BCUT2D eigenvalue weighted by Crippen LogP contribution is 2.38. The summed E-state index contributed by atoms with van der Waals surface area (Å²) in [6.45, 7) is 3.59. The van der Waals surface area contributed by atoms with Crippen LogP contribution in [-0.2, 0) is 14.8 Å². The van der Waals surface area contributed by atoms with Gasteiger partial charge in [-0.15, -0.1) is 0 Å². The Labute approximate surface area is 186 Å². The minimum atomic E-state index is -3.91. The van der Waals surface area contributed by atoms with E-state index < -0.39 is 22.0 Å². The summed E-state index contributed by atoms with van der Waals surface area (Å²) in [5, 5.41) is 3.11. The second kappa shape index (κ2) is 8.24. The maximum Gasteiger partial charge on any atom is 0.267 e. The van der Waals surface area contributed by atoms with Gasteiger partial charge in [0.15, 0.2) is 6.10 Å². The number of carbonyl (C=O) groups excluding carboxylic acids is 1. The van der Waals surface area contributed by atoms with Crippen molar-refractivity contribution >= 4 is 38.9 Å². The summed E-state index contributed by atoms with van der Waals surface area (Å²) < 4.78 is 34.1. The van der Waals surface area contributed by atoms with E-state index in [0.29, 0.717) is 22.1 Å². The SMILES string of the molecule is Cc1ccc(S(=O)(=O)N2CC(C(=O)Nc3ccccc3Cl)Oc3ccc(C)cc32)cc1. The van der Waals surface area contributed by atoms with Crippen LogP contribution in [-0.4, -0.2) is 27.0 Å². The lowest BCUT2D eigenvalue weighted by atomic mass is 10.1. The third-order valence-electron chi connectivity index (χ3n) is 5.02. The van der Waals surface area contributed by atoms with Crippen molar-refractivity contribution in [1.29, 1.82) is 0 Å². The van der Waals surface area contributed by atoms with E-state index in [4.69, 9.17) is 16.3 Å².